The van der Waals surface area contributed by atoms with Gasteiger partial charge in [0.15, 0.2) is 0 Å². The van der Waals surface area contributed by atoms with Crippen LogP contribution < -0.4 is 10.2 Å². The fraction of sp³-hybridized carbons (Fsp3) is 0.160. The number of anilines is 1. The molecule has 0 saturated carbocycles. The molecule has 4 rings (SSSR count). The van der Waals surface area contributed by atoms with Crippen molar-refractivity contribution in [3.8, 4) is 5.69 Å². The smallest absolute Gasteiger partial charge is 0.318 e. The van der Waals surface area contributed by atoms with Crippen LogP contribution in [0.4, 0.5) is 10.5 Å². The molecule has 0 spiro atoms. The largest absolute Gasteiger partial charge is 0.335 e. The van der Waals surface area contributed by atoms with E-state index in [1.165, 1.54) is 12.1 Å². The van der Waals surface area contributed by atoms with Crippen LogP contribution in [0.3, 0.4) is 0 Å². The van der Waals surface area contributed by atoms with Gasteiger partial charge in [0.1, 0.15) is 5.57 Å². The number of hydrogen-bond acceptors (Lipinski definition) is 3. The molecule has 2 aromatic carbocycles. The van der Waals surface area contributed by atoms with Crippen molar-refractivity contribution in [3.05, 3.63) is 87.2 Å². The quantitative estimate of drug-likeness (QED) is 0.452. The second-order valence-corrected chi connectivity index (χ2v) is 8.30. The number of halogens is 1. The summed E-state index contributed by atoms with van der Waals surface area (Å²) in [5, 5.41) is 2.67. The maximum absolute atomic E-state index is 13.2. The summed E-state index contributed by atoms with van der Waals surface area (Å²) in [4.78, 5) is 39.1. The zero-order chi connectivity index (χ0) is 23.2. The van der Waals surface area contributed by atoms with Crippen molar-refractivity contribution in [2.24, 2.45) is 0 Å². The maximum atomic E-state index is 13.2. The zero-order valence-electron chi connectivity index (χ0n) is 18.2. The third-order valence-electron chi connectivity index (χ3n) is 5.58. The standard InChI is InChI=1S/C25H22ClN3O3/c1-14-5-8-19(9-6-14)28-16(3)11-18(17(28)4)12-21-23(30)27-25(32)29(24(21)31)20-10-7-15(2)22(26)13-20/h5-13H,1-4H3,(H,27,30,32)/b21-12-. The Morgan fingerprint density at radius 3 is 2.19 bits per heavy atom. The van der Waals surface area contributed by atoms with Crippen LogP contribution in [0.25, 0.3) is 11.8 Å². The van der Waals surface area contributed by atoms with Crippen molar-refractivity contribution in [1.29, 1.82) is 0 Å². The summed E-state index contributed by atoms with van der Waals surface area (Å²) in [5.41, 5.74) is 5.69. The fourth-order valence-corrected chi connectivity index (χ4v) is 3.97. The number of rotatable bonds is 3. The van der Waals surface area contributed by atoms with Crippen molar-refractivity contribution >= 4 is 41.2 Å². The molecule has 2 heterocycles. The number of carbonyl (C=O) groups excluding carboxylic acids is 3. The molecule has 1 aliphatic rings. The Labute approximate surface area is 191 Å². The Kier molecular flexibility index (Phi) is 5.48. The number of amides is 4. The van der Waals surface area contributed by atoms with E-state index in [4.69, 9.17) is 11.6 Å². The number of urea groups is 1. The Bertz CT molecular complexity index is 1300. The molecule has 1 fully saturated rings. The lowest BCUT2D eigenvalue weighted by Crippen LogP contribution is -2.54. The third kappa shape index (κ3) is 3.74. The number of hydrogen-bond donors (Lipinski definition) is 1. The maximum Gasteiger partial charge on any atom is 0.335 e. The van der Waals surface area contributed by atoms with Crippen LogP contribution in [-0.4, -0.2) is 22.4 Å². The predicted octanol–water partition coefficient (Wildman–Crippen LogP) is 5.03. The molecule has 3 aromatic rings. The molecule has 32 heavy (non-hydrogen) atoms. The number of imide groups is 2. The van der Waals surface area contributed by atoms with Gasteiger partial charge in [0.2, 0.25) is 0 Å². The summed E-state index contributed by atoms with van der Waals surface area (Å²) in [5.74, 6) is -1.42. The number of benzene rings is 2. The van der Waals surface area contributed by atoms with Crippen LogP contribution in [0.2, 0.25) is 5.02 Å². The van der Waals surface area contributed by atoms with E-state index < -0.39 is 17.8 Å². The highest BCUT2D eigenvalue weighted by Gasteiger charge is 2.37. The number of carbonyl (C=O) groups is 3. The molecule has 162 valence electrons. The molecule has 0 bridgehead atoms. The number of barbiturate groups is 1. The lowest BCUT2D eigenvalue weighted by molar-refractivity contribution is -0.122. The molecule has 0 atom stereocenters. The molecule has 1 aliphatic heterocycles. The Morgan fingerprint density at radius 2 is 1.53 bits per heavy atom. The lowest BCUT2D eigenvalue weighted by atomic mass is 10.1. The summed E-state index contributed by atoms with van der Waals surface area (Å²) in [6, 6.07) is 14.1. The molecular weight excluding hydrogens is 426 g/mol. The average molecular weight is 448 g/mol. The summed E-state index contributed by atoms with van der Waals surface area (Å²) < 4.78 is 2.06. The summed E-state index contributed by atoms with van der Waals surface area (Å²) in [6.45, 7) is 7.73. The van der Waals surface area contributed by atoms with Gasteiger partial charge in [-0.15, -0.1) is 0 Å². The van der Waals surface area contributed by atoms with E-state index in [9.17, 15) is 14.4 Å². The van der Waals surface area contributed by atoms with E-state index in [0.717, 1.165) is 38.7 Å². The molecule has 0 aliphatic carbocycles. The first-order valence-corrected chi connectivity index (χ1v) is 10.5. The average Bonchev–Trinajstić information content (AvgIpc) is 3.01. The van der Waals surface area contributed by atoms with Crippen molar-refractivity contribution in [2.75, 3.05) is 4.90 Å². The SMILES string of the molecule is Cc1ccc(-n2c(C)cc(/C=C3/C(=O)NC(=O)N(c4ccc(C)c(Cl)c4)C3=O)c2C)cc1. The third-order valence-corrected chi connectivity index (χ3v) is 5.98. The first kappa shape index (κ1) is 21.6. The summed E-state index contributed by atoms with van der Waals surface area (Å²) in [6.07, 6.45) is 1.53. The van der Waals surface area contributed by atoms with Gasteiger partial charge < -0.3 is 4.57 Å². The topological polar surface area (TPSA) is 71.4 Å². The van der Waals surface area contributed by atoms with Gasteiger partial charge in [-0.1, -0.05) is 35.4 Å². The van der Waals surface area contributed by atoms with E-state index in [2.05, 4.69) is 9.88 Å². The highest BCUT2D eigenvalue weighted by Crippen LogP contribution is 2.28. The van der Waals surface area contributed by atoms with E-state index in [1.54, 1.807) is 12.1 Å². The number of aromatic nitrogens is 1. The predicted molar refractivity (Wildman–Crippen MR) is 125 cm³/mol. The van der Waals surface area contributed by atoms with Crippen LogP contribution >= 0.6 is 11.6 Å². The molecular formula is C25H22ClN3O3. The van der Waals surface area contributed by atoms with Gasteiger partial charge in [0, 0.05) is 22.1 Å². The Hall–Kier alpha value is -3.64. The van der Waals surface area contributed by atoms with Gasteiger partial charge in [0.25, 0.3) is 11.8 Å². The van der Waals surface area contributed by atoms with E-state index in [-0.39, 0.29) is 5.57 Å². The van der Waals surface area contributed by atoms with Crippen LogP contribution in [0, 0.1) is 27.7 Å². The van der Waals surface area contributed by atoms with Gasteiger partial charge in [0.05, 0.1) is 5.69 Å². The van der Waals surface area contributed by atoms with Crippen molar-refractivity contribution in [2.45, 2.75) is 27.7 Å². The molecule has 7 heteroatoms. The first-order valence-electron chi connectivity index (χ1n) is 10.1. The van der Waals surface area contributed by atoms with Gasteiger partial charge in [-0.3, -0.25) is 14.9 Å². The molecule has 4 amide bonds. The lowest BCUT2D eigenvalue weighted by Gasteiger charge is -2.26. The van der Waals surface area contributed by atoms with E-state index >= 15 is 0 Å². The molecule has 1 N–H and O–H groups in total. The molecule has 6 nitrogen and oxygen atoms in total. The van der Waals surface area contributed by atoms with Crippen LogP contribution in [-0.2, 0) is 9.59 Å². The van der Waals surface area contributed by atoms with E-state index in [1.807, 2.05) is 58.0 Å². The van der Waals surface area contributed by atoms with Crippen LogP contribution in [0.1, 0.15) is 28.1 Å². The monoisotopic (exact) mass is 447 g/mol. The van der Waals surface area contributed by atoms with Gasteiger partial charge in [-0.05, 0) is 75.2 Å². The van der Waals surface area contributed by atoms with E-state index in [0.29, 0.717) is 10.7 Å². The summed E-state index contributed by atoms with van der Waals surface area (Å²) >= 11 is 6.18. The molecule has 0 unspecified atom stereocenters. The highest BCUT2D eigenvalue weighted by atomic mass is 35.5. The minimum Gasteiger partial charge on any atom is -0.318 e. The molecule has 1 aromatic heterocycles. The second-order valence-electron chi connectivity index (χ2n) is 7.89. The fourth-order valence-electron chi connectivity index (χ4n) is 3.79. The van der Waals surface area contributed by atoms with Crippen molar-refractivity contribution in [3.63, 3.8) is 0 Å². The number of nitrogens with zero attached hydrogens (tertiary/aromatic N) is 2. The highest BCUT2D eigenvalue weighted by molar-refractivity contribution is 6.39. The Balaban J connectivity index is 1.76. The normalized spacial score (nSPS) is 15.5. The van der Waals surface area contributed by atoms with Gasteiger partial charge >= 0.3 is 6.03 Å². The van der Waals surface area contributed by atoms with Crippen LogP contribution in [0.5, 0.6) is 0 Å². The van der Waals surface area contributed by atoms with Crippen molar-refractivity contribution < 1.29 is 14.4 Å². The summed E-state index contributed by atoms with van der Waals surface area (Å²) in [7, 11) is 0. The first-order chi connectivity index (χ1) is 15.2. The number of aryl methyl sites for hydroxylation is 3. The molecule has 0 radical (unpaired) electrons. The minimum absolute atomic E-state index is 0.120. The van der Waals surface area contributed by atoms with Gasteiger partial charge in [-0.2, -0.15) is 0 Å². The zero-order valence-corrected chi connectivity index (χ0v) is 18.9. The Morgan fingerprint density at radius 1 is 0.875 bits per heavy atom. The van der Waals surface area contributed by atoms with Crippen LogP contribution in [0.15, 0.2) is 54.1 Å². The molecule has 1 saturated heterocycles. The minimum atomic E-state index is -0.804. The second kappa shape index (κ2) is 8.13. The van der Waals surface area contributed by atoms with Gasteiger partial charge in [-0.25, -0.2) is 9.69 Å². The van der Waals surface area contributed by atoms with Crippen molar-refractivity contribution in [1.82, 2.24) is 9.88 Å². The number of nitrogens with one attached hydrogen (secondary N) is 1.